The van der Waals surface area contributed by atoms with Gasteiger partial charge in [0.15, 0.2) is 0 Å². The van der Waals surface area contributed by atoms with Gasteiger partial charge in [0.25, 0.3) is 5.91 Å². The highest BCUT2D eigenvalue weighted by molar-refractivity contribution is 9.10. The van der Waals surface area contributed by atoms with Gasteiger partial charge in [0.05, 0.1) is 0 Å². The highest BCUT2D eigenvalue weighted by Crippen LogP contribution is 2.21. The van der Waals surface area contributed by atoms with Crippen LogP contribution in [0.4, 0.5) is 5.69 Å². The molecule has 0 aliphatic heterocycles. The zero-order valence-electron chi connectivity index (χ0n) is 11.6. The van der Waals surface area contributed by atoms with E-state index < -0.39 is 0 Å². The van der Waals surface area contributed by atoms with Gasteiger partial charge >= 0.3 is 0 Å². The maximum Gasteiger partial charge on any atom is 0.253 e. The van der Waals surface area contributed by atoms with Crippen molar-refractivity contribution in [2.75, 3.05) is 12.8 Å². The number of carbonyl (C=O) groups excluding carboxylic acids is 1. The first kappa shape index (κ1) is 14.6. The zero-order chi connectivity index (χ0) is 14.7. The van der Waals surface area contributed by atoms with Gasteiger partial charge in [-0.25, -0.2) is 0 Å². The van der Waals surface area contributed by atoms with Gasteiger partial charge in [-0.05, 0) is 46.6 Å². The van der Waals surface area contributed by atoms with Gasteiger partial charge in [0.2, 0.25) is 0 Å². The number of carbonyl (C=O) groups is 1. The van der Waals surface area contributed by atoms with Gasteiger partial charge in [-0.1, -0.05) is 29.8 Å². The van der Waals surface area contributed by atoms with E-state index >= 15 is 0 Å². The molecule has 0 aliphatic carbocycles. The summed E-state index contributed by atoms with van der Waals surface area (Å²) in [7, 11) is 1.79. The number of rotatable bonds is 3. The third kappa shape index (κ3) is 3.39. The standard InChI is InChI=1S/C16H17BrN2O/c1-11-3-5-12(6-4-11)10-19(2)16(20)13-7-8-14(17)15(18)9-13/h3-9H,10,18H2,1-2H3. The number of amides is 1. The molecule has 0 heterocycles. The van der Waals surface area contributed by atoms with Crippen LogP contribution < -0.4 is 5.73 Å². The summed E-state index contributed by atoms with van der Waals surface area (Å²) >= 11 is 3.33. The van der Waals surface area contributed by atoms with E-state index in [-0.39, 0.29) is 5.91 Å². The Morgan fingerprint density at radius 2 is 1.85 bits per heavy atom. The van der Waals surface area contributed by atoms with Crippen molar-refractivity contribution < 1.29 is 4.79 Å². The lowest BCUT2D eigenvalue weighted by molar-refractivity contribution is 0.0785. The Morgan fingerprint density at radius 1 is 1.20 bits per heavy atom. The predicted molar refractivity (Wildman–Crippen MR) is 85.5 cm³/mol. The summed E-state index contributed by atoms with van der Waals surface area (Å²) in [6.45, 7) is 2.62. The van der Waals surface area contributed by atoms with Crippen molar-refractivity contribution in [2.24, 2.45) is 0 Å². The maximum absolute atomic E-state index is 12.3. The van der Waals surface area contributed by atoms with Crippen LogP contribution in [0.1, 0.15) is 21.5 Å². The highest BCUT2D eigenvalue weighted by Gasteiger charge is 2.13. The molecule has 20 heavy (non-hydrogen) atoms. The molecule has 0 aromatic heterocycles. The molecule has 2 N–H and O–H groups in total. The van der Waals surface area contributed by atoms with Crippen LogP contribution in [0.25, 0.3) is 0 Å². The van der Waals surface area contributed by atoms with E-state index in [1.807, 2.05) is 31.2 Å². The van der Waals surface area contributed by atoms with Crippen LogP contribution in [0.3, 0.4) is 0 Å². The molecule has 0 atom stereocenters. The Bertz CT molecular complexity index is 623. The first-order valence-corrected chi connectivity index (χ1v) is 7.12. The summed E-state index contributed by atoms with van der Waals surface area (Å²) in [6.07, 6.45) is 0. The van der Waals surface area contributed by atoms with E-state index in [0.717, 1.165) is 10.0 Å². The molecule has 0 aliphatic rings. The first-order valence-electron chi connectivity index (χ1n) is 6.33. The van der Waals surface area contributed by atoms with Crippen LogP contribution in [-0.4, -0.2) is 17.9 Å². The minimum atomic E-state index is -0.0372. The fourth-order valence-electron chi connectivity index (χ4n) is 1.94. The molecule has 1 amide bonds. The molecule has 0 radical (unpaired) electrons. The molecule has 0 bridgehead atoms. The van der Waals surface area contributed by atoms with Crippen molar-refractivity contribution in [3.8, 4) is 0 Å². The summed E-state index contributed by atoms with van der Waals surface area (Å²) in [4.78, 5) is 14.0. The second-order valence-electron chi connectivity index (χ2n) is 4.88. The van der Waals surface area contributed by atoms with Crippen molar-refractivity contribution in [3.63, 3.8) is 0 Å². The van der Waals surface area contributed by atoms with Crippen molar-refractivity contribution in [1.29, 1.82) is 0 Å². The van der Waals surface area contributed by atoms with Crippen LogP contribution in [0, 0.1) is 6.92 Å². The van der Waals surface area contributed by atoms with E-state index in [9.17, 15) is 4.79 Å². The SMILES string of the molecule is Cc1ccc(CN(C)C(=O)c2ccc(Br)c(N)c2)cc1. The summed E-state index contributed by atoms with van der Waals surface area (Å²) < 4.78 is 0.801. The second kappa shape index (κ2) is 6.09. The largest absolute Gasteiger partial charge is 0.398 e. The molecular formula is C16H17BrN2O. The van der Waals surface area contributed by atoms with Gasteiger partial charge in [-0.2, -0.15) is 0 Å². The van der Waals surface area contributed by atoms with Crippen LogP contribution in [-0.2, 0) is 6.54 Å². The van der Waals surface area contributed by atoms with Gasteiger partial charge in [0.1, 0.15) is 0 Å². The molecule has 104 valence electrons. The minimum Gasteiger partial charge on any atom is -0.398 e. The van der Waals surface area contributed by atoms with E-state index in [1.54, 1.807) is 30.1 Å². The van der Waals surface area contributed by atoms with Gasteiger partial charge < -0.3 is 10.6 Å². The fourth-order valence-corrected chi connectivity index (χ4v) is 2.18. The Balaban J connectivity index is 2.11. The molecule has 2 aromatic carbocycles. The number of aryl methyl sites for hydroxylation is 1. The number of anilines is 1. The second-order valence-corrected chi connectivity index (χ2v) is 5.74. The lowest BCUT2D eigenvalue weighted by Gasteiger charge is -2.18. The third-order valence-electron chi connectivity index (χ3n) is 3.13. The Kier molecular flexibility index (Phi) is 4.45. The smallest absolute Gasteiger partial charge is 0.253 e. The average Bonchev–Trinajstić information content (AvgIpc) is 2.43. The van der Waals surface area contributed by atoms with Crippen LogP contribution in [0.15, 0.2) is 46.9 Å². The number of hydrogen-bond donors (Lipinski definition) is 1. The minimum absolute atomic E-state index is 0.0372. The Hall–Kier alpha value is -1.81. The van der Waals surface area contributed by atoms with E-state index in [1.165, 1.54) is 5.56 Å². The Labute approximate surface area is 127 Å². The number of nitrogens with two attached hydrogens (primary N) is 1. The molecule has 0 fully saturated rings. The zero-order valence-corrected chi connectivity index (χ0v) is 13.1. The Morgan fingerprint density at radius 3 is 2.45 bits per heavy atom. The number of benzene rings is 2. The molecule has 0 saturated heterocycles. The third-order valence-corrected chi connectivity index (χ3v) is 3.85. The molecule has 2 aromatic rings. The van der Waals surface area contributed by atoms with E-state index in [4.69, 9.17) is 5.73 Å². The summed E-state index contributed by atoms with van der Waals surface area (Å²) in [5.41, 5.74) is 9.30. The topological polar surface area (TPSA) is 46.3 Å². The molecule has 0 unspecified atom stereocenters. The number of hydrogen-bond acceptors (Lipinski definition) is 2. The summed E-state index contributed by atoms with van der Waals surface area (Å²) in [5, 5.41) is 0. The van der Waals surface area contributed by atoms with Crippen LogP contribution in [0.5, 0.6) is 0 Å². The summed E-state index contributed by atoms with van der Waals surface area (Å²) in [6, 6.07) is 13.4. The number of nitrogen functional groups attached to an aromatic ring is 1. The lowest BCUT2D eigenvalue weighted by Crippen LogP contribution is -2.26. The van der Waals surface area contributed by atoms with Crippen LogP contribution >= 0.6 is 15.9 Å². The molecular weight excluding hydrogens is 316 g/mol. The van der Waals surface area contributed by atoms with Crippen molar-refractivity contribution >= 4 is 27.5 Å². The van der Waals surface area contributed by atoms with Crippen molar-refractivity contribution in [2.45, 2.75) is 13.5 Å². The van der Waals surface area contributed by atoms with Gasteiger partial charge in [0, 0.05) is 29.3 Å². The van der Waals surface area contributed by atoms with Crippen molar-refractivity contribution in [1.82, 2.24) is 4.90 Å². The van der Waals surface area contributed by atoms with E-state index in [2.05, 4.69) is 15.9 Å². The predicted octanol–water partition coefficient (Wildman–Crippen LogP) is 3.61. The van der Waals surface area contributed by atoms with E-state index in [0.29, 0.717) is 17.8 Å². The maximum atomic E-state index is 12.3. The molecule has 4 heteroatoms. The first-order chi connectivity index (χ1) is 9.47. The van der Waals surface area contributed by atoms with Crippen molar-refractivity contribution in [3.05, 3.63) is 63.6 Å². The number of nitrogens with zero attached hydrogens (tertiary/aromatic N) is 1. The molecule has 0 saturated carbocycles. The lowest BCUT2D eigenvalue weighted by atomic mass is 10.1. The fraction of sp³-hybridized carbons (Fsp3) is 0.188. The van der Waals surface area contributed by atoms with Crippen LogP contribution in [0.2, 0.25) is 0 Å². The highest BCUT2D eigenvalue weighted by atomic mass is 79.9. The van der Waals surface area contributed by atoms with Gasteiger partial charge in [-0.3, -0.25) is 4.79 Å². The molecule has 0 spiro atoms. The average molecular weight is 333 g/mol. The quantitative estimate of drug-likeness (QED) is 0.872. The normalized spacial score (nSPS) is 10.3. The number of halogens is 1. The molecule has 3 nitrogen and oxygen atoms in total. The molecule has 2 rings (SSSR count). The van der Waals surface area contributed by atoms with Gasteiger partial charge in [-0.15, -0.1) is 0 Å². The summed E-state index contributed by atoms with van der Waals surface area (Å²) in [5.74, 6) is -0.0372. The monoisotopic (exact) mass is 332 g/mol.